The van der Waals surface area contributed by atoms with Gasteiger partial charge in [0, 0.05) is 17.8 Å². The summed E-state index contributed by atoms with van der Waals surface area (Å²) in [5.41, 5.74) is 2.49. The molecule has 0 atom stereocenters. The van der Waals surface area contributed by atoms with E-state index in [1.54, 1.807) is 38.5 Å². The summed E-state index contributed by atoms with van der Waals surface area (Å²) in [4.78, 5) is 18.4. The number of carbonyl (C=O) groups is 1. The van der Waals surface area contributed by atoms with Crippen LogP contribution >= 0.6 is 0 Å². The van der Waals surface area contributed by atoms with E-state index < -0.39 is 5.97 Å². The lowest BCUT2D eigenvalue weighted by molar-refractivity contribution is 0.0697. The Kier molecular flexibility index (Phi) is 3.76. The van der Waals surface area contributed by atoms with Gasteiger partial charge in [-0.15, -0.1) is 0 Å². The standard InChI is InChI=1S/C16H15N3O4/c1-22-13-7-11-12(8-14(13)23-2)19-16(18-11)17-10-5-3-9(4-6-10)15(20)21/h3-8H,1-2H3,(H,20,21)(H2,17,18,19). The third-order valence-corrected chi connectivity index (χ3v) is 3.38. The first kappa shape index (κ1) is 14.7. The van der Waals surface area contributed by atoms with Crippen LogP contribution in [-0.4, -0.2) is 35.3 Å². The van der Waals surface area contributed by atoms with Crippen molar-refractivity contribution in [2.45, 2.75) is 0 Å². The number of aromatic amines is 1. The maximum atomic E-state index is 10.8. The minimum absolute atomic E-state index is 0.231. The van der Waals surface area contributed by atoms with Gasteiger partial charge in [0.2, 0.25) is 5.95 Å². The second-order valence-corrected chi connectivity index (χ2v) is 4.82. The van der Waals surface area contributed by atoms with E-state index in [1.807, 2.05) is 0 Å². The number of carboxylic acids is 1. The number of nitrogens with one attached hydrogen (secondary N) is 2. The topological polar surface area (TPSA) is 96.5 Å². The summed E-state index contributed by atoms with van der Waals surface area (Å²) >= 11 is 0. The molecule has 3 aromatic rings. The van der Waals surface area contributed by atoms with Crippen molar-refractivity contribution in [3.63, 3.8) is 0 Å². The summed E-state index contributed by atoms with van der Waals surface area (Å²) in [6.45, 7) is 0. The third kappa shape index (κ3) is 2.89. The van der Waals surface area contributed by atoms with Crippen molar-refractivity contribution < 1.29 is 19.4 Å². The largest absolute Gasteiger partial charge is 0.493 e. The van der Waals surface area contributed by atoms with Gasteiger partial charge in [-0.25, -0.2) is 9.78 Å². The molecule has 3 N–H and O–H groups in total. The van der Waals surface area contributed by atoms with Gasteiger partial charge in [0.15, 0.2) is 11.5 Å². The molecule has 0 spiro atoms. The van der Waals surface area contributed by atoms with Gasteiger partial charge in [-0.05, 0) is 24.3 Å². The van der Waals surface area contributed by atoms with Crippen LogP contribution in [0.2, 0.25) is 0 Å². The number of anilines is 2. The first-order valence-electron chi connectivity index (χ1n) is 6.83. The van der Waals surface area contributed by atoms with Gasteiger partial charge in [0.25, 0.3) is 0 Å². The average molecular weight is 313 g/mol. The minimum Gasteiger partial charge on any atom is -0.493 e. The van der Waals surface area contributed by atoms with Gasteiger partial charge in [-0.2, -0.15) is 0 Å². The van der Waals surface area contributed by atoms with E-state index in [2.05, 4.69) is 15.3 Å². The van der Waals surface area contributed by atoms with Crippen LogP contribution < -0.4 is 14.8 Å². The Morgan fingerprint density at radius 3 is 2.39 bits per heavy atom. The molecule has 2 aromatic carbocycles. The number of methoxy groups -OCH3 is 2. The number of carboxylic acid groups (broad SMARTS) is 1. The molecule has 0 unspecified atom stereocenters. The van der Waals surface area contributed by atoms with Crippen LogP contribution in [0, 0.1) is 0 Å². The molecule has 0 radical (unpaired) electrons. The van der Waals surface area contributed by atoms with Crippen LogP contribution in [0.4, 0.5) is 11.6 Å². The molecule has 118 valence electrons. The summed E-state index contributed by atoms with van der Waals surface area (Å²) < 4.78 is 10.5. The van der Waals surface area contributed by atoms with Crippen molar-refractivity contribution in [1.29, 1.82) is 0 Å². The fourth-order valence-electron chi connectivity index (χ4n) is 2.23. The van der Waals surface area contributed by atoms with Crippen molar-refractivity contribution in [1.82, 2.24) is 9.97 Å². The Morgan fingerprint density at radius 2 is 1.78 bits per heavy atom. The lowest BCUT2D eigenvalue weighted by Gasteiger charge is -2.06. The Bertz CT molecular complexity index is 815. The number of aromatic nitrogens is 2. The molecule has 3 rings (SSSR count). The van der Waals surface area contributed by atoms with Crippen LogP contribution in [0.5, 0.6) is 11.5 Å². The highest BCUT2D eigenvalue weighted by Gasteiger charge is 2.10. The molecule has 7 heteroatoms. The van der Waals surface area contributed by atoms with Crippen LogP contribution in [-0.2, 0) is 0 Å². The number of nitrogens with zero attached hydrogens (tertiary/aromatic N) is 1. The van der Waals surface area contributed by atoms with E-state index in [1.165, 1.54) is 12.1 Å². The van der Waals surface area contributed by atoms with Crippen molar-refractivity contribution >= 4 is 28.6 Å². The highest BCUT2D eigenvalue weighted by atomic mass is 16.5. The normalized spacial score (nSPS) is 10.5. The Morgan fingerprint density at radius 1 is 1.13 bits per heavy atom. The Labute approximate surface area is 131 Å². The van der Waals surface area contributed by atoms with Crippen LogP contribution in [0.1, 0.15) is 10.4 Å². The number of aromatic carboxylic acids is 1. The van der Waals surface area contributed by atoms with Crippen molar-refractivity contribution in [2.24, 2.45) is 0 Å². The molecular formula is C16H15N3O4. The van der Waals surface area contributed by atoms with Gasteiger partial charge in [-0.3, -0.25) is 0 Å². The highest BCUT2D eigenvalue weighted by Crippen LogP contribution is 2.32. The number of H-pyrrole nitrogens is 1. The van der Waals surface area contributed by atoms with Gasteiger partial charge < -0.3 is 24.9 Å². The molecule has 0 aliphatic carbocycles. The monoisotopic (exact) mass is 313 g/mol. The predicted molar refractivity (Wildman–Crippen MR) is 85.9 cm³/mol. The van der Waals surface area contributed by atoms with Gasteiger partial charge in [0.05, 0.1) is 30.8 Å². The van der Waals surface area contributed by atoms with E-state index in [4.69, 9.17) is 14.6 Å². The highest BCUT2D eigenvalue weighted by molar-refractivity contribution is 5.88. The van der Waals surface area contributed by atoms with Gasteiger partial charge >= 0.3 is 5.97 Å². The first-order chi connectivity index (χ1) is 11.1. The van der Waals surface area contributed by atoms with Crippen LogP contribution in [0.15, 0.2) is 36.4 Å². The average Bonchev–Trinajstić information content (AvgIpc) is 2.94. The molecule has 0 aliphatic heterocycles. The molecule has 0 fully saturated rings. The lowest BCUT2D eigenvalue weighted by Crippen LogP contribution is -1.97. The zero-order chi connectivity index (χ0) is 16.4. The molecular weight excluding hydrogens is 298 g/mol. The minimum atomic E-state index is -0.959. The van der Waals surface area contributed by atoms with E-state index in [0.29, 0.717) is 17.4 Å². The van der Waals surface area contributed by atoms with Gasteiger partial charge in [-0.1, -0.05) is 0 Å². The van der Waals surface area contributed by atoms with E-state index in [0.717, 1.165) is 16.7 Å². The number of fused-ring (bicyclic) bond motifs is 1. The van der Waals surface area contributed by atoms with Crippen LogP contribution in [0.25, 0.3) is 11.0 Å². The van der Waals surface area contributed by atoms with Crippen molar-refractivity contribution in [3.8, 4) is 11.5 Å². The predicted octanol–water partition coefficient (Wildman–Crippen LogP) is 3.02. The molecule has 7 nitrogen and oxygen atoms in total. The second-order valence-electron chi connectivity index (χ2n) is 4.82. The zero-order valence-electron chi connectivity index (χ0n) is 12.6. The zero-order valence-corrected chi connectivity index (χ0v) is 12.6. The summed E-state index contributed by atoms with van der Waals surface area (Å²) in [7, 11) is 3.14. The van der Waals surface area contributed by atoms with E-state index in [-0.39, 0.29) is 5.56 Å². The first-order valence-corrected chi connectivity index (χ1v) is 6.83. The number of imidazole rings is 1. The second kappa shape index (κ2) is 5.88. The number of ether oxygens (including phenoxy) is 2. The summed E-state index contributed by atoms with van der Waals surface area (Å²) in [6, 6.07) is 10.00. The summed E-state index contributed by atoms with van der Waals surface area (Å²) in [6.07, 6.45) is 0. The number of benzene rings is 2. The molecule has 23 heavy (non-hydrogen) atoms. The molecule has 0 saturated heterocycles. The smallest absolute Gasteiger partial charge is 0.335 e. The molecule has 1 aromatic heterocycles. The molecule has 1 heterocycles. The quantitative estimate of drug-likeness (QED) is 0.670. The fraction of sp³-hybridized carbons (Fsp3) is 0.125. The van der Waals surface area contributed by atoms with Crippen molar-refractivity contribution in [3.05, 3.63) is 42.0 Å². The molecule has 0 aliphatic rings. The van der Waals surface area contributed by atoms with E-state index >= 15 is 0 Å². The molecule has 0 amide bonds. The van der Waals surface area contributed by atoms with Crippen LogP contribution in [0.3, 0.4) is 0 Å². The SMILES string of the molecule is COc1cc2nc(Nc3ccc(C(=O)O)cc3)[nH]c2cc1OC. The van der Waals surface area contributed by atoms with Crippen molar-refractivity contribution in [2.75, 3.05) is 19.5 Å². The third-order valence-electron chi connectivity index (χ3n) is 3.38. The number of rotatable bonds is 5. The molecule has 0 saturated carbocycles. The number of hydrogen-bond acceptors (Lipinski definition) is 5. The Hall–Kier alpha value is -3.22. The maximum absolute atomic E-state index is 10.8. The Balaban J connectivity index is 1.89. The van der Waals surface area contributed by atoms with E-state index in [9.17, 15) is 4.79 Å². The molecule has 0 bridgehead atoms. The lowest BCUT2D eigenvalue weighted by atomic mass is 10.2. The summed E-state index contributed by atoms with van der Waals surface area (Å²) in [5, 5.41) is 12.0. The fourth-order valence-corrected chi connectivity index (χ4v) is 2.23. The number of hydrogen-bond donors (Lipinski definition) is 3. The summed E-state index contributed by atoms with van der Waals surface area (Å²) in [5.74, 6) is 0.794. The van der Waals surface area contributed by atoms with Gasteiger partial charge in [0.1, 0.15) is 0 Å². The maximum Gasteiger partial charge on any atom is 0.335 e.